The molecule has 3 heterocycles. The Hall–Kier alpha value is -3.38. The molecular formula is C26H25N5O. The molecular weight excluding hydrogens is 398 g/mol. The summed E-state index contributed by atoms with van der Waals surface area (Å²) in [6.07, 6.45) is 9.15. The molecule has 6 rings (SSSR count). The predicted octanol–water partition coefficient (Wildman–Crippen LogP) is 4.00. The average molecular weight is 424 g/mol. The van der Waals surface area contributed by atoms with Crippen molar-refractivity contribution in [1.29, 1.82) is 10.5 Å². The first-order valence-corrected chi connectivity index (χ1v) is 11.6. The maximum absolute atomic E-state index is 13.2. The SMILES string of the molecule is N#CN1[C@H]2CC[C@@H]1[C@H](NC(=O)c1ccc(-c3cccc(C4(C#N)CC4)n3)cc1C1CC1)C2. The molecule has 0 radical (unpaired) electrons. The first-order chi connectivity index (χ1) is 15.6. The van der Waals surface area contributed by atoms with Crippen LogP contribution >= 0.6 is 0 Å². The Morgan fingerprint density at radius 1 is 1.12 bits per heavy atom. The van der Waals surface area contributed by atoms with Gasteiger partial charge in [0.25, 0.3) is 5.91 Å². The minimum Gasteiger partial charge on any atom is -0.347 e. The fourth-order valence-corrected chi connectivity index (χ4v) is 5.62. The van der Waals surface area contributed by atoms with Crippen molar-refractivity contribution in [3.63, 3.8) is 0 Å². The number of pyridine rings is 1. The molecule has 2 saturated heterocycles. The van der Waals surface area contributed by atoms with Gasteiger partial charge in [0.2, 0.25) is 0 Å². The van der Waals surface area contributed by atoms with Crippen molar-refractivity contribution in [3.05, 3.63) is 53.2 Å². The minimum absolute atomic E-state index is 0.0305. The standard InChI is InChI=1S/C26H25N5O/c27-14-26(10-11-26)24-3-1-2-21(29-24)17-6-8-19(20(12-17)16-4-5-16)25(32)30-22-13-18-7-9-23(22)31(18)15-28/h1-3,6,8,12,16,18,22-23H,4-5,7,9-11,13H2,(H,30,32)/t18-,22+,23+/m0/s1. The van der Waals surface area contributed by atoms with Gasteiger partial charge in [0.1, 0.15) is 0 Å². The minimum atomic E-state index is -0.410. The zero-order valence-corrected chi connectivity index (χ0v) is 17.9. The van der Waals surface area contributed by atoms with E-state index in [1.165, 1.54) is 0 Å². The van der Waals surface area contributed by atoms with Gasteiger partial charge in [-0.25, -0.2) is 0 Å². The maximum Gasteiger partial charge on any atom is 0.251 e. The molecule has 2 saturated carbocycles. The van der Waals surface area contributed by atoms with Crippen LogP contribution in [0.3, 0.4) is 0 Å². The van der Waals surface area contributed by atoms with E-state index in [1.54, 1.807) is 0 Å². The summed E-state index contributed by atoms with van der Waals surface area (Å²) in [6.45, 7) is 0. The van der Waals surface area contributed by atoms with Crippen LogP contribution in [-0.2, 0) is 5.41 Å². The summed E-state index contributed by atoms with van der Waals surface area (Å²) in [7, 11) is 0. The van der Waals surface area contributed by atoms with Crippen LogP contribution in [0, 0.1) is 22.8 Å². The number of carbonyl (C=O) groups is 1. The topological polar surface area (TPSA) is 92.8 Å². The summed E-state index contributed by atoms with van der Waals surface area (Å²) < 4.78 is 0. The summed E-state index contributed by atoms with van der Waals surface area (Å²) in [5, 5.41) is 22.2. The molecule has 0 spiro atoms. The van der Waals surface area contributed by atoms with Crippen LogP contribution in [0.2, 0.25) is 0 Å². The van der Waals surface area contributed by atoms with Crippen molar-refractivity contribution in [2.75, 3.05) is 0 Å². The van der Waals surface area contributed by atoms with Crippen LogP contribution in [0.5, 0.6) is 0 Å². The van der Waals surface area contributed by atoms with Crippen molar-refractivity contribution < 1.29 is 4.79 Å². The molecule has 4 aliphatic rings. The lowest BCUT2D eigenvalue weighted by Crippen LogP contribution is -2.43. The second kappa shape index (κ2) is 7.07. The number of nitrogens with one attached hydrogen (secondary N) is 1. The second-order valence-corrected chi connectivity index (χ2v) is 9.80. The van der Waals surface area contributed by atoms with Gasteiger partial charge in [-0.2, -0.15) is 10.5 Å². The zero-order valence-electron chi connectivity index (χ0n) is 17.9. The highest BCUT2D eigenvalue weighted by Crippen LogP contribution is 2.47. The quantitative estimate of drug-likeness (QED) is 0.734. The van der Waals surface area contributed by atoms with Gasteiger partial charge < -0.3 is 10.2 Å². The Morgan fingerprint density at radius 2 is 1.97 bits per heavy atom. The highest BCUT2D eigenvalue weighted by Gasteiger charge is 2.47. The van der Waals surface area contributed by atoms with Gasteiger partial charge in [-0.05, 0) is 80.7 Å². The zero-order chi connectivity index (χ0) is 21.9. The number of carbonyl (C=O) groups excluding carboxylic acids is 1. The van der Waals surface area contributed by atoms with Crippen molar-refractivity contribution in [2.24, 2.45) is 0 Å². The summed E-state index contributed by atoms with van der Waals surface area (Å²) >= 11 is 0. The number of aromatic nitrogens is 1. The van der Waals surface area contributed by atoms with Gasteiger partial charge >= 0.3 is 0 Å². The van der Waals surface area contributed by atoms with E-state index in [-0.39, 0.29) is 24.0 Å². The first kappa shape index (κ1) is 19.3. The third-order valence-electron chi connectivity index (χ3n) is 7.78. The van der Waals surface area contributed by atoms with E-state index in [4.69, 9.17) is 4.98 Å². The molecule has 2 aliphatic carbocycles. The number of fused-ring (bicyclic) bond motifs is 2. The van der Waals surface area contributed by atoms with Crippen molar-refractivity contribution in [2.45, 2.75) is 74.4 Å². The number of nitrogens with zero attached hydrogens (tertiary/aromatic N) is 4. The Kier molecular flexibility index (Phi) is 4.27. The molecule has 6 heteroatoms. The maximum atomic E-state index is 13.2. The lowest BCUT2D eigenvalue weighted by molar-refractivity contribution is 0.0927. The molecule has 1 aromatic heterocycles. The molecule has 3 atom stereocenters. The van der Waals surface area contributed by atoms with Crippen molar-refractivity contribution >= 4 is 5.91 Å². The third-order valence-corrected chi connectivity index (χ3v) is 7.78. The van der Waals surface area contributed by atoms with Crippen LogP contribution in [-0.4, -0.2) is 33.9 Å². The Balaban J connectivity index is 1.27. The molecule has 32 heavy (non-hydrogen) atoms. The van der Waals surface area contributed by atoms with E-state index in [1.807, 2.05) is 35.2 Å². The van der Waals surface area contributed by atoms with E-state index in [2.05, 4.69) is 23.6 Å². The Labute approximate surface area is 187 Å². The number of hydrogen-bond acceptors (Lipinski definition) is 5. The monoisotopic (exact) mass is 423 g/mol. The van der Waals surface area contributed by atoms with Gasteiger partial charge in [0, 0.05) is 17.2 Å². The van der Waals surface area contributed by atoms with Gasteiger partial charge in [0.15, 0.2) is 6.19 Å². The second-order valence-electron chi connectivity index (χ2n) is 9.80. The third kappa shape index (κ3) is 3.06. The predicted molar refractivity (Wildman–Crippen MR) is 118 cm³/mol. The highest BCUT2D eigenvalue weighted by molar-refractivity contribution is 5.97. The number of nitriles is 2. The van der Waals surface area contributed by atoms with Crippen LogP contribution in [0.4, 0.5) is 0 Å². The van der Waals surface area contributed by atoms with E-state index in [0.717, 1.165) is 73.0 Å². The van der Waals surface area contributed by atoms with E-state index >= 15 is 0 Å². The number of hydrogen-bond donors (Lipinski definition) is 1. The van der Waals surface area contributed by atoms with Gasteiger partial charge in [0.05, 0.1) is 35.0 Å². The fourth-order valence-electron chi connectivity index (χ4n) is 5.62. The molecule has 2 aliphatic heterocycles. The largest absolute Gasteiger partial charge is 0.347 e. The summed E-state index contributed by atoms with van der Waals surface area (Å²) in [6, 6.07) is 14.8. The summed E-state index contributed by atoms with van der Waals surface area (Å²) in [5.41, 5.74) is 4.13. The van der Waals surface area contributed by atoms with Crippen LogP contribution in [0.25, 0.3) is 11.3 Å². The molecule has 160 valence electrons. The van der Waals surface area contributed by atoms with Crippen molar-refractivity contribution in [3.8, 4) is 23.5 Å². The first-order valence-electron chi connectivity index (χ1n) is 11.6. The summed E-state index contributed by atoms with van der Waals surface area (Å²) in [4.78, 5) is 19.9. The average Bonchev–Trinajstić information content (AvgIpc) is 3.76. The Morgan fingerprint density at radius 3 is 2.66 bits per heavy atom. The van der Waals surface area contributed by atoms with Crippen LogP contribution < -0.4 is 5.32 Å². The Bertz CT molecular complexity index is 1180. The highest BCUT2D eigenvalue weighted by atomic mass is 16.1. The van der Waals surface area contributed by atoms with Crippen LogP contribution in [0.1, 0.15) is 72.5 Å². The van der Waals surface area contributed by atoms with Crippen LogP contribution in [0.15, 0.2) is 36.4 Å². The molecule has 2 aromatic rings. The van der Waals surface area contributed by atoms with Gasteiger partial charge in [-0.15, -0.1) is 0 Å². The lowest BCUT2D eigenvalue weighted by atomic mass is 9.94. The van der Waals surface area contributed by atoms with E-state index < -0.39 is 5.41 Å². The summed E-state index contributed by atoms with van der Waals surface area (Å²) in [5.74, 6) is 0.389. The van der Waals surface area contributed by atoms with Gasteiger partial charge in [-0.3, -0.25) is 9.78 Å². The number of rotatable bonds is 5. The normalized spacial score (nSPS) is 26.9. The smallest absolute Gasteiger partial charge is 0.251 e. The molecule has 4 fully saturated rings. The fraction of sp³-hybridized carbons (Fsp3) is 0.462. The van der Waals surface area contributed by atoms with E-state index in [9.17, 15) is 15.3 Å². The number of benzene rings is 1. The molecule has 1 N–H and O–H groups in total. The molecule has 2 bridgehead atoms. The molecule has 1 amide bonds. The molecule has 1 aromatic carbocycles. The lowest BCUT2D eigenvalue weighted by Gasteiger charge is -2.22. The van der Waals surface area contributed by atoms with E-state index in [0.29, 0.717) is 5.92 Å². The van der Waals surface area contributed by atoms with Crippen molar-refractivity contribution in [1.82, 2.24) is 15.2 Å². The number of amides is 1. The molecule has 0 unspecified atom stereocenters. The van der Waals surface area contributed by atoms with Gasteiger partial charge in [-0.1, -0.05) is 12.1 Å². The molecule has 6 nitrogen and oxygen atoms in total.